The van der Waals surface area contributed by atoms with Crippen LogP contribution in [0.3, 0.4) is 0 Å². The van der Waals surface area contributed by atoms with Crippen LogP contribution in [0.15, 0.2) is 28.4 Å². The molecule has 0 bridgehead atoms. The first-order chi connectivity index (χ1) is 6.70. The number of hydrogen-bond donors (Lipinski definition) is 0. The molecule has 1 nitrogen and oxygen atoms in total. The molecule has 0 spiro atoms. The van der Waals surface area contributed by atoms with Gasteiger partial charge in [-0.15, -0.1) is 0 Å². The summed E-state index contributed by atoms with van der Waals surface area (Å²) in [7, 11) is 0. The highest BCUT2D eigenvalue weighted by atomic mass is 14.7. The van der Waals surface area contributed by atoms with E-state index in [1.165, 1.54) is 24.8 Å². The Labute approximate surface area is 87.6 Å². The second-order valence-corrected chi connectivity index (χ2v) is 4.17. The van der Waals surface area contributed by atoms with Gasteiger partial charge < -0.3 is 0 Å². The lowest BCUT2D eigenvalue weighted by Gasteiger charge is -2.21. The molecule has 1 aliphatic carbocycles. The van der Waals surface area contributed by atoms with Crippen molar-refractivity contribution in [1.82, 2.24) is 0 Å². The number of rotatable bonds is 0. The molecule has 0 radical (unpaired) electrons. The standard InChI is InChI=1S/C11H15N.C2H6/c1-11(2)8-12-7-6-9-4-3-5-10(9)11;1-2/h6-8H,3-5H2,1-2H3;1-2H3. The highest BCUT2D eigenvalue weighted by molar-refractivity contribution is 5.72. The molecule has 0 saturated heterocycles. The van der Waals surface area contributed by atoms with E-state index in [1.807, 2.05) is 20.0 Å². The molecule has 0 unspecified atom stereocenters. The SMILES string of the molecule is CC.CC1(C)C=NC=CC2=C1CCC2. The molecule has 0 aromatic rings. The molecule has 0 N–H and O–H groups in total. The van der Waals surface area contributed by atoms with E-state index in [2.05, 4.69) is 31.1 Å². The maximum absolute atomic E-state index is 4.26. The maximum atomic E-state index is 4.26. The molecule has 78 valence electrons. The van der Waals surface area contributed by atoms with Crippen LogP contribution in [0.25, 0.3) is 0 Å². The second-order valence-electron chi connectivity index (χ2n) is 4.17. The molecule has 14 heavy (non-hydrogen) atoms. The minimum absolute atomic E-state index is 0.190. The molecule has 0 aromatic heterocycles. The van der Waals surface area contributed by atoms with Crippen LogP contribution >= 0.6 is 0 Å². The quantitative estimate of drug-likeness (QED) is 0.546. The minimum Gasteiger partial charge on any atom is -0.268 e. The van der Waals surface area contributed by atoms with Crippen molar-refractivity contribution < 1.29 is 0 Å². The van der Waals surface area contributed by atoms with E-state index in [1.54, 1.807) is 5.57 Å². The topological polar surface area (TPSA) is 12.4 Å². The fourth-order valence-corrected chi connectivity index (χ4v) is 2.13. The van der Waals surface area contributed by atoms with Crippen molar-refractivity contribution >= 4 is 6.21 Å². The van der Waals surface area contributed by atoms with Crippen LogP contribution in [0, 0.1) is 5.41 Å². The van der Waals surface area contributed by atoms with E-state index in [-0.39, 0.29) is 5.41 Å². The first-order valence-corrected chi connectivity index (χ1v) is 5.63. The molecule has 1 heteroatoms. The van der Waals surface area contributed by atoms with Crippen LogP contribution in [0.4, 0.5) is 0 Å². The Balaban J connectivity index is 0.000000461. The van der Waals surface area contributed by atoms with Crippen LogP contribution in [0.5, 0.6) is 0 Å². The number of nitrogens with zero attached hydrogens (tertiary/aromatic N) is 1. The molecular weight excluding hydrogens is 170 g/mol. The first kappa shape index (κ1) is 11.2. The highest BCUT2D eigenvalue weighted by Crippen LogP contribution is 2.39. The van der Waals surface area contributed by atoms with Gasteiger partial charge in [-0.2, -0.15) is 0 Å². The number of aliphatic imine (C=N–C) groups is 1. The largest absolute Gasteiger partial charge is 0.268 e. The van der Waals surface area contributed by atoms with Crippen LogP contribution in [0.1, 0.15) is 47.0 Å². The van der Waals surface area contributed by atoms with Gasteiger partial charge in [0, 0.05) is 17.8 Å². The van der Waals surface area contributed by atoms with Crippen LogP contribution in [-0.2, 0) is 0 Å². The summed E-state index contributed by atoms with van der Waals surface area (Å²) in [6.07, 6.45) is 10.0. The molecule has 2 rings (SSSR count). The Kier molecular flexibility index (Phi) is 3.68. The summed E-state index contributed by atoms with van der Waals surface area (Å²) < 4.78 is 0. The van der Waals surface area contributed by atoms with E-state index in [0.717, 1.165) is 0 Å². The lowest BCUT2D eigenvalue weighted by atomic mass is 9.83. The van der Waals surface area contributed by atoms with E-state index in [4.69, 9.17) is 0 Å². The van der Waals surface area contributed by atoms with Crippen molar-refractivity contribution in [3.8, 4) is 0 Å². The summed E-state index contributed by atoms with van der Waals surface area (Å²) >= 11 is 0. The molecule has 0 aromatic carbocycles. The molecule has 1 heterocycles. The van der Waals surface area contributed by atoms with E-state index in [9.17, 15) is 0 Å². The smallest absolute Gasteiger partial charge is 0.0266 e. The van der Waals surface area contributed by atoms with Gasteiger partial charge in [-0.25, -0.2) is 0 Å². The normalized spacial score (nSPS) is 22.6. The minimum atomic E-state index is 0.190. The van der Waals surface area contributed by atoms with Gasteiger partial charge in [0.1, 0.15) is 0 Å². The Bertz CT molecular complexity index is 280. The average molecular weight is 191 g/mol. The third-order valence-corrected chi connectivity index (χ3v) is 2.80. The van der Waals surface area contributed by atoms with Crippen LogP contribution in [0.2, 0.25) is 0 Å². The predicted molar refractivity (Wildman–Crippen MR) is 63.6 cm³/mol. The van der Waals surface area contributed by atoms with Crippen molar-refractivity contribution in [2.45, 2.75) is 47.0 Å². The van der Waals surface area contributed by atoms with Crippen LogP contribution < -0.4 is 0 Å². The van der Waals surface area contributed by atoms with Gasteiger partial charge in [-0.1, -0.05) is 33.3 Å². The van der Waals surface area contributed by atoms with E-state index in [0.29, 0.717) is 0 Å². The molecule has 2 aliphatic rings. The maximum Gasteiger partial charge on any atom is 0.0266 e. The fourth-order valence-electron chi connectivity index (χ4n) is 2.13. The van der Waals surface area contributed by atoms with Gasteiger partial charge in [0.2, 0.25) is 0 Å². The zero-order valence-corrected chi connectivity index (χ0v) is 9.80. The summed E-state index contributed by atoms with van der Waals surface area (Å²) in [5.74, 6) is 0. The summed E-state index contributed by atoms with van der Waals surface area (Å²) in [4.78, 5) is 4.26. The third-order valence-electron chi connectivity index (χ3n) is 2.80. The number of allylic oxidation sites excluding steroid dienone is 3. The van der Waals surface area contributed by atoms with Crippen molar-refractivity contribution in [1.29, 1.82) is 0 Å². The molecular formula is C13H21N. The Morgan fingerprint density at radius 1 is 1.21 bits per heavy atom. The Morgan fingerprint density at radius 3 is 2.64 bits per heavy atom. The van der Waals surface area contributed by atoms with Crippen molar-refractivity contribution in [2.24, 2.45) is 10.4 Å². The summed E-state index contributed by atoms with van der Waals surface area (Å²) in [6.45, 7) is 8.51. The summed E-state index contributed by atoms with van der Waals surface area (Å²) in [5, 5.41) is 0. The zero-order chi connectivity index (χ0) is 10.6. The molecule has 0 amide bonds. The first-order valence-electron chi connectivity index (χ1n) is 5.63. The molecule has 0 saturated carbocycles. The van der Waals surface area contributed by atoms with Crippen molar-refractivity contribution in [3.63, 3.8) is 0 Å². The number of hydrogen-bond acceptors (Lipinski definition) is 1. The lowest BCUT2D eigenvalue weighted by molar-refractivity contribution is 0.616. The van der Waals surface area contributed by atoms with Crippen molar-refractivity contribution in [3.05, 3.63) is 23.4 Å². The van der Waals surface area contributed by atoms with E-state index < -0.39 is 0 Å². The highest BCUT2D eigenvalue weighted by Gasteiger charge is 2.27. The third kappa shape index (κ3) is 2.14. The van der Waals surface area contributed by atoms with Gasteiger partial charge in [0.25, 0.3) is 0 Å². The molecule has 0 atom stereocenters. The zero-order valence-electron chi connectivity index (χ0n) is 9.80. The van der Waals surface area contributed by atoms with Gasteiger partial charge >= 0.3 is 0 Å². The molecule has 1 aliphatic heterocycles. The second kappa shape index (κ2) is 4.59. The Hall–Kier alpha value is -0.850. The monoisotopic (exact) mass is 191 g/mol. The fraction of sp³-hybridized carbons (Fsp3) is 0.615. The van der Waals surface area contributed by atoms with Gasteiger partial charge in [-0.05, 0) is 30.9 Å². The molecule has 0 fully saturated rings. The lowest BCUT2D eigenvalue weighted by Crippen LogP contribution is -2.15. The predicted octanol–water partition coefficient (Wildman–Crippen LogP) is 4.12. The van der Waals surface area contributed by atoms with Gasteiger partial charge in [0.15, 0.2) is 0 Å². The van der Waals surface area contributed by atoms with E-state index >= 15 is 0 Å². The Morgan fingerprint density at radius 2 is 1.93 bits per heavy atom. The summed E-state index contributed by atoms with van der Waals surface area (Å²) in [6, 6.07) is 0. The van der Waals surface area contributed by atoms with Gasteiger partial charge in [0.05, 0.1) is 0 Å². The van der Waals surface area contributed by atoms with Crippen LogP contribution in [-0.4, -0.2) is 6.21 Å². The van der Waals surface area contributed by atoms with Gasteiger partial charge in [-0.3, -0.25) is 4.99 Å². The van der Waals surface area contributed by atoms with Crippen molar-refractivity contribution in [2.75, 3.05) is 0 Å². The summed E-state index contributed by atoms with van der Waals surface area (Å²) in [5.41, 5.74) is 3.31. The average Bonchev–Trinajstić information content (AvgIpc) is 2.60.